The summed E-state index contributed by atoms with van der Waals surface area (Å²) in [6.07, 6.45) is 48.1. The zero-order valence-electron chi connectivity index (χ0n) is 51.4. The summed E-state index contributed by atoms with van der Waals surface area (Å²) in [4.78, 5) is 0. The van der Waals surface area contributed by atoms with E-state index in [0.29, 0.717) is 11.8 Å². The molecule has 0 bridgehead atoms. The maximum atomic E-state index is 4.75. The van der Waals surface area contributed by atoms with Crippen molar-refractivity contribution in [3.8, 4) is 11.1 Å². The Labute approximate surface area is 495 Å². The summed E-state index contributed by atoms with van der Waals surface area (Å²) in [6.45, 7) is 29.8. The van der Waals surface area contributed by atoms with Crippen LogP contribution in [0.15, 0.2) is 247 Å². The van der Waals surface area contributed by atoms with Crippen molar-refractivity contribution in [2.45, 2.75) is 128 Å². The van der Waals surface area contributed by atoms with Crippen molar-refractivity contribution in [2.75, 3.05) is 0 Å². The molecule has 2 aliphatic carbocycles. The van der Waals surface area contributed by atoms with Gasteiger partial charge in [-0.05, 0) is 225 Å². The average molecular weight is 1080 g/mol. The van der Waals surface area contributed by atoms with E-state index < -0.39 is 0 Å². The minimum atomic E-state index is 0.129. The van der Waals surface area contributed by atoms with Crippen molar-refractivity contribution in [2.24, 2.45) is 17.8 Å². The van der Waals surface area contributed by atoms with Crippen molar-refractivity contribution < 1.29 is 0 Å². The summed E-state index contributed by atoms with van der Waals surface area (Å²) in [5, 5.41) is 5.00. The smallest absolute Gasteiger partial charge is 0.00132 e. The standard InChI is InChI=1S/C82H90/c1-13-57(5)52-73(44-42-63(11)61(9)30-28-40-75(59(7)15-3)67-35-22-18-23-36-67)81-77-50-48-71(65-32-20-17-21-33-65)55-79(77)82(80-56-72(49-51-78(80)81)70-47-46-66-34-26-27-39-69(66)54-70)74(53-58(6)14-2)45-43-64(12)62(10)31-29-41-76(60(8)16-4)68-37-24-19-25-38-68/h18-20,22-25,27-33,35-56,58,60,62H,12-17,21,26,34H2,1-11H3/b31-29-,40-28-,45-43-,57-52-,61-30+,63-42+,73-44+,74-53+,75-59-,76-41+. The number of hydrogen-bond donors (Lipinski definition) is 0. The van der Waals surface area contributed by atoms with Crippen molar-refractivity contribution in [3.05, 3.63) is 286 Å². The second kappa shape index (κ2) is 29.3. The molecule has 0 saturated heterocycles. The fourth-order valence-corrected chi connectivity index (χ4v) is 11.1. The molecule has 0 aromatic heterocycles. The molecule has 0 aliphatic heterocycles. The summed E-state index contributed by atoms with van der Waals surface area (Å²) < 4.78 is 0. The van der Waals surface area contributed by atoms with Crippen molar-refractivity contribution in [1.29, 1.82) is 0 Å². The molecule has 0 heterocycles. The highest BCUT2D eigenvalue weighted by molar-refractivity contribution is 6.19. The van der Waals surface area contributed by atoms with Gasteiger partial charge in [-0.2, -0.15) is 0 Å². The Bertz CT molecular complexity index is 3680. The minimum Gasteiger partial charge on any atom is -0.0952 e. The summed E-state index contributed by atoms with van der Waals surface area (Å²) in [6, 6.07) is 43.3. The van der Waals surface area contributed by atoms with Crippen LogP contribution in [0.4, 0.5) is 0 Å². The first-order chi connectivity index (χ1) is 39.8. The second-order valence-electron chi connectivity index (χ2n) is 23.1. The van der Waals surface area contributed by atoms with Gasteiger partial charge in [-0.1, -0.05) is 273 Å². The van der Waals surface area contributed by atoms with Gasteiger partial charge in [-0.15, -0.1) is 0 Å². The van der Waals surface area contributed by atoms with Gasteiger partial charge in [0.1, 0.15) is 0 Å². The maximum Gasteiger partial charge on any atom is -0.00132 e. The van der Waals surface area contributed by atoms with E-state index in [1.54, 1.807) is 0 Å². The molecule has 0 amide bonds. The fourth-order valence-electron chi connectivity index (χ4n) is 11.1. The van der Waals surface area contributed by atoms with Gasteiger partial charge in [0.25, 0.3) is 0 Å². The number of benzene rings is 6. The molecule has 6 aromatic carbocycles. The van der Waals surface area contributed by atoms with Gasteiger partial charge in [0.2, 0.25) is 0 Å². The van der Waals surface area contributed by atoms with E-state index in [1.807, 2.05) is 0 Å². The zero-order valence-corrected chi connectivity index (χ0v) is 51.4. The number of rotatable bonds is 22. The molecule has 0 saturated carbocycles. The van der Waals surface area contributed by atoms with Crippen molar-refractivity contribution in [3.63, 3.8) is 0 Å². The largest absolute Gasteiger partial charge is 0.0952 e. The lowest BCUT2D eigenvalue weighted by molar-refractivity contribution is 0.700. The molecule has 3 unspecified atom stereocenters. The molecule has 0 fully saturated rings. The first-order valence-corrected chi connectivity index (χ1v) is 30.7. The third-order valence-electron chi connectivity index (χ3n) is 17.3. The van der Waals surface area contributed by atoms with Crippen molar-refractivity contribution >= 4 is 55.5 Å². The first kappa shape index (κ1) is 60.3. The Balaban J connectivity index is 1.35. The van der Waals surface area contributed by atoms with Gasteiger partial charge in [0, 0.05) is 0 Å². The lowest BCUT2D eigenvalue weighted by atomic mass is 9.81. The number of fused-ring (bicyclic) bond motifs is 3. The highest BCUT2D eigenvalue weighted by Gasteiger charge is 2.21. The summed E-state index contributed by atoms with van der Waals surface area (Å²) in [5.41, 5.74) is 24.2. The van der Waals surface area contributed by atoms with Crippen LogP contribution in [-0.2, 0) is 6.42 Å². The quantitative estimate of drug-likeness (QED) is 0.0469. The predicted molar refractivity (Wildman–Crippen MR) is 366 cm³/mol. The van der Waals surface area contributed by atoms with Crippen LogP contribution in [0, 0.1) is 17.8 Å². The Kier molecular flexibility index (Phi) is 21.5. The molecule has 8 rings (SSSR count). The van der Waals surface area contributed by atoms with Gasteiger partial charge in [0.05, 0.1) is 0 Å². The Morgan fingerprint density at radius 1 is 0.561 bits per heavy atom. The van der Waals surface area contributed by atoms with Crippen LogP contribution in [0.2, 0.25) is 0 Å². The van der Waals surface area contributed by atoms with Crippen LogP contribution in [-0.4, -0.2) is 0 Å². The normalized spacial score (nSPS) is 16.4. The molecular formula is C82H90. The Hall–Kier alpha value is -7.80. The van der Waals surface area contributed by atoms with Crippen LogP contribution in [0.1, 0.15) is 160 Å². The van der Waals surface area contributed by atoms with E-state index in [-0.39, 0.29) is 5.92 Å². The van der Waals surface area contributed by atoms with Gasteiger partial charge in [0.15, 0.2) is 0 Å². The molecule has 0 heteroatoms. The molecule has 82 heavy (non-hydrogen) atoms. The van der Waals surface area contributed by atoms with Crippen LogP contribution in [0.5, 0.6) is 0 Å². The molecule has 0 spiro atoms. The van der Waals surface area contributed by atoms with E-state index in [4.69, 9.17) is 6.58 Å². The summed E-state index contributed by atoms with van der Waals surface area (Å²) in [5.74, 6) is 0.918. The van der Waals surface area contributed by atoms with Gasteiger partial charge in [-0.3, -0.25) is 0 Å². The predicted octanol–water partition coefficient (Wildman–Crippen LogP) is 24.3. The molecule has 418 valence electrons. The second-order valence-corrected chi connectivity index (χ2v) is 23.1. The summed E-state index contributed by atoms with van der Waals surface area (Å²) in [7, 11) is 0. The Morgan fingerprint density at radius 3 is 1.88 bits per heavy atom. The third kappa shape index (κ3) is 15.0. The average Bonchev–Trinajstić information content (AvgIpc) is 3.69. The van der Waals surface area contributed by atoms with Crippen molar-refractivity contribution in [1.82, 2.24) is 0 Å². The number of hydrogen-bond acceptors (Lipinski definition) is 0. The van der Waals surface area contributed by atoms with E-state index in [2.05, 4.69) is 295 Å². The van der Waals surface area contributed by atoms with Crippen LogP contribution >= 0.6 is 0 Å². The topological polar surface area (TPSA) is 0 Å². The third-order valence-corrected chi connectivity index (χ3v) is 17.3. The number of allylic oxidation sites excluding steroid dienone is 26. The van der Waals surface area contributed by atoms with Gasteiger partial charge >= 0.3 is 0 Å². The highest BCUT2D eigenvalue weighted by Crippen LogP contribution is 2.45. The fraction of sp³-hybridized carbons (Fsp3) is 0.268. The summed E-state index contributed by atoms with van der Waals surface area (Å²) >= 11 is 0. The molecular weight excluding hydrogens is 985 g/mol. The first-order valence-electron chi connectivity index (χ1n) is 30.7. The van der Waals surface area contributed by atoms with Gasteiger partial charge < -0.3 is 0 Å². The molecule has 3 atom stereocenters. The van der Waals surface area contributed by atoms with E-state index in [1.165, 1.54) is 122 Å². The molecule has 0 N–H and O–H groups in total. The zero-order chi connectivity index (χ0) is 58.1. The Morgan fingerprint density at radius 2 is 1.21 bits per heavy atom. The minimum absolute atomic E-state index is 0.129. The van der Waals surface area contributed by atoms with Crippen LogP contribution < -0.4 is 0 Å². The lowest BCUT2D eigenvalue weighted by Gasteiger charge is -2.22. The molecule has 6 aromatic rings. The van der Waals surface area contributed by atoms with Crippen LogP contribution in [0.3, 0.4) is 0 Å². The van der Waals surface area contributed by atoms with Crippen LogP contribution in [0.25, 0.3) is 66.6 Å². The van der Waals surface area contributed by atoms with E-state index in [0.717, 1.165) is 56.9 Å². The molecule has 0 nitrogen and oxygen atoms in total. The lowest BCUT2D eigenvalue weighted by Crippen LogP contribution is -1.99. The highest BCUT2D eigenvalue weighted by atomic mass is 14.2. The SMILES string of the molecule is C=C(/C=C\C(=C/C(C)CC)c1c2cc(C3=CCCC=C3)ccc2c(C(/C=C(/C)CC)=C/C=C(C)/C(C)=C/C=C\C(=C(/C)CC)c2ccccc2)c2ccc(-c3ccc4c(c3)C=CCC4)cc12)C(C)/C=C\C=C(\c1ccccc1)C(C)CC. The number of aryl methyl sites for hydroxylation is 1. The maximum absolute atomic E-state index is 4.75. The molecule has 2 aliphatic rings. The molecule has 0 radical (unpaired) electrons. The monoisotopic (exact) mass is 1070 g/mol. The van der Waals surface area contributed by atoms with Gasteiger partial charge in [-0.25, -0.2) is 0 Å². The van der Waals surface area contributed by atoms with E-state index in [9.17, 15) is 0 Å². The van der Waals surface area contributed by atoms with E-state index >= 15 is 0 Å².